The van der Waals surface area contributed by atoms with Gasteiger partial charge in [0.1, 0.15) is 23.5 Å². The summed E-state index contributed by atoms with van der Waals surface area (Å²) in [5.41, 5.74) is -2.79. The molecule has 6 aliphatic rings. The average molecular weight is 674 g/mol. The Morgan fingerprint density at radius 3 is 2.23 bits per heavy atom. The van der Waals surface area contributed by atoms with Crippen molar-refractivity contribution < 1.29 is 38.8 Å². The van der Waals surface area contributed by atoms with Crippen LogP contribution in [0.4, 0.5) is 4.79 Å². The highest BCUT2D eigenvalue weighted by Gasteiger charge is 2.85. The fourth-order valence-electron chi connectivity index (χ4n) is 12.7. The maximum Gasteiger partial charge on any atom is 0.408 e. The molecular weight excluding hydrogens is 610 g/mol. The van der Waals surface area contributed by atoms with Gasteiger partial charge in [0, 0.05) is 23.7 Å². The van der Waals surface area contributed by atoms with Crippen LogP contribution in [0, 0.1) is 50.7 Å². The van der Waals surface area contributed by atoms with Gasteiger partial charge in [0.25, 0.3) is 0 Å². The smallest absolute Gasteiger partial charge is 0.408 e. The highest BCUT2D eigenvalue weighted by molar-refractivity contribution is 5.86. The number of aliphatic hydroxyl groups excluding tert-OH is 1. The Morgan fingerprint density at radius 2 is 1.65 bits per heavy atom. The zero-order valence-corrected chi connectivity index (χ0v) is 31.4. The summed E-state index contributed by atoms with van der Waals surface area (Å²) in [6, 6.07) is -0.891. The Kier molecular flexibility index (Phi) is 8.38. The number of alkyl carbamates (subject to hydrolysis) is 1. The second kappa shape index (κ2) is 11.1. The van der Waals surface area contributed by atoms with Gasteiger partial charge in [-0.2, -0.15) is 0 Å². The van der Waals surface area contributed by atoms with Crippen molar-refractivity contribution in [3.63, 3.8) is 0 Å². The van der Waals surface area contributed by atoms with E-state index in [1.807, 2.05) is 27.7 Å². The molecule has 5 saturated carbocycles. The molecule has 272 valence electrons. The second-order valence-corrected chi connectivity index (χ2v) is 19.8. The van der Waals surface area contributed by atoms with E-state index in [-0.39, 0.29) is 63.3 Å². The molecule has 1 aliphatic heterocycles. The maximum absolute atomic E-state index is 14.1. The van der Waals surface area contributed by atoms with Crippen molar-refractivity contribution in [2.24, 2.45) is 50.7 Å². The topological polar surface area (TPSA) is 131 Å². The molecule has 0 aromatic heterocycles. The number of ketones is 1. The monoisotopic (exact) mass is 673 g/mol. The first-order valence-electron chi connectivity index (χ1n) is 18.7. The van der Waals surface area contributed by atoms with Crippen LogP contribution in [-0.2, 0) is 23.8 Å². The fourth-order valence-corrected chi connectivity index (χ4v) is 12.7. The van der Waals surface area contributed by atoms with Crippen LogP contribution in [0.3, 0.4) is 0 Å². The summed E-state index contributed by atoms with van der Waals surface area (Å²) < 4.78 is 18.6. The van der Waals surface area contributed by atoms with Crippen LogP contribution in [0.25, 0.3) is 0 Å². The highest BCUT2D eigenvalue weighted by Crippen LogP contribution is 2.89. The number of rotatable bonds is 6. The molecular formula is C39H63NO8. The normalized spacial score (nSPS) is 45.4. The predicted octanol–water partition coefficient (Wildman–Crippen LogP) is 6.35. The van der Waals surface area contributed by atoms with Crippen molar-refractivity contribution in [3.05, 3.63) is 0 Å². The summed E-state index contributed by atoms with van der Waals surface area (Å²) in [6.45, 7) is 21.6. The standard InChI is InChI=1S/C39H63NO8/c1-21(2)29(40-32(44)48-33(3,4)5)31(43)47-24-18-25-37(11)19-22(41)28(23-12-13-27(46-23)35(8,9)45)36(37,10)16-17-38(25)20-39(38)15-14-26(42)34(6,7)30(24)39/h21-25,27-30,41,45H,12-20H2,1-11H3,(H,40,44)/t22-,23?,24-,25?,27-,28+,29-,30-,36+,37-,38?,39+/m0/s1. The van der Waals surface area contributed by atoms with Crippen LogP contribution in [0.15, 0.2) is 0 Å². The number of nitrogens with one attached hydrogen (secondary N) is 1. The number of ether oxygens (including phenoxy) is 3. The lowest BCUT2D eigenvalue weighted by atomic mass is 9.41. The molecule has 5 aliphatic carbocycles. The third-order valence-electron chi connectivity index (χ3n) is 14.9. The molecule has 0 radical (unpaired) electrons. The number of esters is 1. The highest BCUT2D eigenvalue weighted by atomic mass is 16.6. The van der Waals surface area contributed by atoms with Crippen LogP contribution >= 0.6 is 0 Å². The number of hydrogen-bond donors (Lipinski definition) is 3. The maximum atomic E-state index is 14.1. The minimum atomic E-state index is -0.938. The van der Waals surface area contributed by atoms with E-state index in [2.05, 4.69) is 19.2 Å². The van der Waals surface area contributed by atoms with E-state index >= 15 is 0 Å². The van der Waals surface area contributed by atoms with E-state index in [4.69, 9.17) is 14.2 Å². The van der Waals surface area contributed by atoms with E-state index in [9.17, 15) is 24.6 Å². The van der Waals surface area contributed by atoms with Gasteiger partial charge >= 0.3 is 12.1 Å². The van der Waals surface area contributed by atoms with Crippen molar-refractivity contribution in [3.8, 4) is 0 Å². The summed E-state index contributed by atoms with van der Waals surface area (Å²) in [5.74, 6) is -0.443. The first-order valence-corrected chi connectivity index (χ1v) is 18.7. The second-order valence-electron chi connectivity index (χ2n) is 19.8. The van der Waals surface area contributed by atoms with Crippen LogP contribution in [0.2, 0.25) is 0 Å². The van der Waals surface area contributed by atoms with Gasteiger partial charge in [0.15, 0.2) is 0 Å². The SMILES string of the molecule is CC(C)[C@H](NC(=O)OC(C)(C)C)C(=O)O[C@H]1CC2C3(CC[C@]4(C)[C@@H](C5CC[C@@H](C(C)(C)O)O5)[C@@H](O)C[C@@]24C)C[C@@]32CCC(=O)C(C)(C)[C@H]12. The number of amides is 1. The Balaban J connectivity index is 1.33. The lowest BCUT2D eigenvalue weighted by Gasteiger charge is -2.63. The molecule has 1 saturated heterocycles. The van der Waals surface area contributed by atoms with Gasteiger partial charge in [-0.15, -0.1) is 0 Å². The van der Waals surface area contributed by atoms with Crippen molar-refractivity contribution in [1.29, 1.82) is 0 Å². The van der Waals surface area contributed by atoms with Gasteiger partial charge in [-0.05, 0) is 119 Å². The number of aliphatic hydroxyl groups is 2. The predicted molar refractivity (Wildman–Crippen MR) is 181 cm³/mol. The van der Waals surface area contributed by atoms with E-state index in [0.717, 1.165) is 38.5 Å². The first-order chi connectivity index (χ1) is 21.9. The van der Waals surface area contributed by atoms with Gasteiger partial charge in [-0.1, -0.05) is 41.5 Å². The molecule has 12 atom stereocenters. The van der Waals surface area contributed by atoms with Crippen molar-refractivity contribution in [1.82, 2.24) is 5.32 Å². The lowest BCUT2D eigenvalue weighted by Crippen LogP contribution is -2.62. The molecule has 3 unspecified atom stereocenters. The lowest BCUT2D eigenvalue weighted by molar-refractivity contribution is -0.202. The summed E-state index contributed by atoms with van der Waals surface area (Å²) in [4.78, 5) is 40.5. The third-order valence-corrected chi connectivity index (χ3v) is 14.9. The molecule has 0 aromatic rings. The van der Waals surface area contributed by atoms with Crippen LogP contribution in [0.5, 0.6) is 0 Å². The first kappa shape index (κ1) is 36.1. The zero-order valence-electron chi connectivity index (χ0n) is 31.4. The fraction of sp³-hybridized carbons (Fsp3) is 0.923. The largest absolute Gasteiger partial charge is 0.460 e. The van der Waals surface area contributed by atoms with E-state index in [0.29, 0.717) is 19.3 Å². The molecule has 6 rings (SSSR count). The zero-order chi connectivity index (χ0) is 35.6. The number of Topliss-reactive ketones (excluding diaryl/α,β-unsaturated/α-hetero) is 1. The molecule has 2 spiro atoms. The van der Waals surface area contributed by atoms with Crippen molar-refractivity contribution >= 4 is 17.8 Å². The van der Waals surface area contributed by atoms with E-state index in [1.165, 1.54) is 0 Å². The minimum absolute atomic E-state index is 0.0415. The molecule has 1 heterocycles. The number of carbonyl (C=O) groups excluding carboxylic acids is 3. The summed E-state index contributed by atoms with van der Waals surface area (Å²) in [6.07, 6.45) is 5.24. The summed E-state index contributed by atoms with van der Waals surface area (Å²) in [7, 11) is 0. The number of hydrogen-bond acceptors (Lipinski definition) is 8. The Hall–Kier alpha value is -1.71. The Bertz CT molecular complexity index is 1330. The molecule has 6 fully saturated rings. The molecule has 9 heteroatoms. The molecule has 0 aromatic carbocycles. The van der Waals surface area contributed by atoms with Crippen LogP contribution in [-0.4, -0.2) is 69.7 Å². The van der Waals surface area contributed by atoms with E-state index < -0.39 is 46.9 Å². The molecule has 1 amide bonds. The molecule has 9 nitrogen and oxygen atoms in total. The van der Waals surface area contributed by atoms with E-state index in [1.54, 1.807) is 34.6 Å². The Morgan fingerprint density at radius 1 is 0.979 bits per heavy atom. The van der Waals surface area contributed by atoms with Gasteiger partial charge in [-0.25, -0.2) is 9.59 Å². The van der Waals surface area contributed by atoms with Crippen molar-refractivity contribution in [2.75, 3.05) is 0 Å². The third kappa shape index (κ3) is 5.20. The number of carbonyl (C=O) groups is 3. The van der Waals surface area contributed by atoms with Gasteiger partial charge in [-0.3, -0.25) is 4.79 Å². The molecule has 3 N–H and O–H groups in total. The van der Waals surface area contributed by atoms with Crippen LogP contribution in [0.1, 0.15) is 134 Å². The average Bonchev–Trinajstić information content (AvgIpc) is 3.19. The Labute approximate surface area is 288 Å². The molecule has 48 heavy (non-hydrogen) atoms. The van der Waals surface area contributed by atoms with Crippen LogP contribution < -0.4 is 5.32 Å². The van der Waals surface area contributed by atoms with Gasteiger partial charge in [0.2, 0.25) is 0 Å². The summed E-state index contributed by atoms with van der Waals surface area (Å²) in [5, 5.41) is 25.4. The summed E-state index contributed by atoms with van der Waals surface area (Å²) >= 11 is 0. The molecule has 0 bridgehead atoms. The van der Waals surface area contributed by atoms with Gasteiger partial charge in [0.05, 0.1) is 23.9 Å². The minimum Gasteiger partial charge on any atom is -0.460 e. The van der Waals surface area contributed by atoms with Gasteiger partial charge < -0.3 is 29.7 Å². The van der Waals surface area contributed by atoms with Crippen molar-refractivity contribution in [2.45, 2.75) is 176 Å². The number of fused-ring (bicyclic) bond motifs is 2. The quantitative estimate of drug-likeness (QED) is 0.278.